The van der Waals surface area contributed by atoms with E-state index in [4.69, 9.17) is 9.47 Å². The van der Waals surface area contributed by atoms with Gasteiger partial charge in [0, 0.05) is 80.8 Å². The number of likely N-dealkylation sites (N-methyl/N-ethyl adjacent to an activating group) is 2. The van der Waals surface area contributed by atoms with Crippen molar-refractivity contribution in [3.8, 4) is 0 Å². The third-order valence-electron chi connectivity index (χ3n) is 11.7. The zero-order chi connectivity index (χ0) is 51.1. The number of Topliss-reactive ketones (excluding diaryl/α,β-unsaturated/α-hetero) is 1. The molecular weight excluding hydrogens is 857 g/mol. The summed E-state index contributed by atoms with van der Waals surface area (Å²) in [6.45, 7) is 25.0. The van der Waals surface area contributed by atoms with E-state index in [1.54, 1.807) is 61.6 Å². The van der Waals surface area contributed by atoms with Crippen molar-refractivity contribution < 1.29 is 47.8 Å². The topological polar surface area (TPSA) is 194 Å². The number of hydrogen-bond donors (Lipinski definition) is 2. The van der Waals surface area contributed by atoms with E-state index < -0.39 is 93.6 Å². The van der Waals surface area contributed by atoms with Gasteiger partial charge in [0.1, 0.15) is 23.3 Å². The molecule has 4 atom stereocenters. The molecule has 67 heavy (non-hydrogen) atoms. The van der Waals surface area contributed by atoms with E-state index >= 15 is 0 Å². The molecule has 2 heterocycles. The molecule has 0 spiro atoms. The molecule has 1 aliphatic heterocycles. The Labute approximate surface area is 397 Å². The largest absolute Gasteiger partial charge is 0.460 e. The standard InChI is InChI=1S/C51H76N6O10/c1-31(2)37(29-32(3)44(62)52-35(24-27-41(61)66-49(7,8)9)38(58)23-20-28-57-39(59)25-26-40(57)60)55(16)46(64)42(48(4,5)6)53-45(63)43(56(17)47(65)67-50(10,11)12)51(13,14)34-30-54(15)36-22-19-18-21-33(34)36/h18-19,21-22,25-26,29-31,35,37,42-43H,20,23-24,27-28H2,1-17H3,(H,52,62)(H,53,63)/b32-29+/t35-,37+,42+,43+/m0/s1. The number of nitrogens with zero attached hydrogens (tertiary/aromatic N) is 4. The number of amides is 6. The minimum absolute atomic E-state index is 0.0115. The molecule has 0 radical (unpaired) electrons. The number of hydrogen-bond acceptors (Lipinski definition) is 10. The lowest BCUT2D eigenvalue weighted by atomic mass is 9.76. The van der Waals surface area contributed by atoms with E-state index in [1.807, 2.05) is 90.5 Å². The van der Waals surface area contributed by atoms with Crippen molar-refractivity contribution >= 4 is 58.3 Å². The van der Waals surface area contributed by atoms with Gasteiger partial charge in [0.2, 0.25) is 17.7 Å². The number of carbonyl (C=O) groups excluding carboxylic acids is 8. The molecule has 0 unspecified atom stereocenters. The van der Waals surface area contributed by atoms with E-state index in [2.05, 4.69) is 10.6 Å². The number of ketones is 1. The lowest BCUT2D eigenvalue weighted by Gasteiger charge is -2.42. The van der Waals surface area contributed by atoms with Crippen LogP contribution < -0.4 is 10.6 Å². The number of ether oxygens (including phenoxy) is 2. The summed E-state index contributed by atoms with van der Waals surface area (Å²) in [5.41, 5.74) is -1.53. The summed E-state index contributed by atoms with van der Waals surface area (Å²) in [7, 11) is 5.03. The second-order valence-corrected chi connectivity index (χ2v) is 21.6. The van der Waals surface area contributed by atoms with Gasteiger partial charge in [-0.2, -0.15) is 0 Å². The predicted octanol–water partition coefficient (Wildman–Crippen LogP) is 6.53. The Bertz CT molecular complexity index is 2230. The number of imide groups is 1. The normalized spacial score (nSPS) is 15.6. The second kappa shape index (κ2) is 21.9. The van der Waals surface area contributed by atoms with E-state index in [1.165, 1.54) is 16.8 Å². The molecule has 1 aromatic heterocycles. The minimum Gasteiger partial charge on any atom is -0.460 e. The van der Waals surface area contributed by atoms with E-state index in [0.29, 0.717) is 0 Å². The van der Waals surface area contributed by atoms with Crippen molar-refractivity contribution in [1.29, 1.82) is 0 Å². The van der Waals surface area contributed by atoms with Crippen molar-refractivity contribution in [1.82, 2.24) is 29.9 Å². The van der Waals surface area contributed by atoms with Crippen LogP contribution >= 0.6 is 0 Å². The van der Waals surface area contributed by atoms with Gasteiger partial charge in [-0.3, -0.25) is 43.4 Å². The van der Waals surface area contributed by atoms with Gasteiger partial charge in [0.15, 0.2) is 5.78 Å². The van der Waals surface area contributed by atoms with Crippen LogP contribution in [0.5, 0.6) is 0 Å². The fourth-order valence-electron chi connectivity index (χ4n) is 8.21. The van der Waals surface area contributed by atoms with Crippen LogP contribution in [0.25, 0.3) is 10.9 Å². The summed E-state index contributed by atoms with van der Waals surface area (Å²) < 4.78 is 13.2. The Balaban J connectivity index is 1.95. The van der Waals surface area contributed by atoms with Gasteiger partial charge in [-0.25, -0.2) is 4.79 Å². The molecule has 2 aromatic rings. The molecule has 0 saturated carbocycles. The molecule has 1 aliphatic rings. The number of rotatable bonds is 19. The SMILES string of the molecule is C/C(=C\[C@H](C(C)C)N(C)C(=O)[C@@H](NC(=O)[C@@H](N(C)C(=O)OC(C)(C)C)C(C)(C)c1cn(C)c2ccccc12)C(C)(C)C)C(=O)N[C@@H](CCC(=O)OC(C)(C)C)C(=O)CCCN1C(=O)C=CC1=O. The van der Waals surface area contributed by atoms with Crippen LogP contribution in [0.4, 0.5) is 4.79 Å². The number of nitrogens with one attached hydrogen (secondary N) is 2. The first-order chi connectivity index (χ1) is 30.7. The van der Waals surface area contributed by atoms with Gasteiger partial charge in [0.25, 0.3) is 11.8 Å². The van der Waals surface area contributed by atoms with Crippen molar-refractivity contribution in [3.05, 3.63) is 59.8 Å². The smallest absolute Gasteiger partial charge is 0.410 e. The minimum atomic E-state index is -1.16. The van der Waals surface area contributed by atoms with Crippen LogP contribution in [0.3, 0.4) is 0 Å². The molecule has 0 bridgehead atoms. The summed E-state index contributed by atoms with van der Waals surface area (Å²) in [5.74, 6) is -3.74. The Morgan fingerprint density at radius 3 is 1.90 bits per heavy atom. The van der Waals surface area contributed by atoms with Crippen LogP contribution in [-0.4, -0.2) is 123 Å². The van der Waals surface area contributed by atoms with Gasteiger partial charge in [-0.05, 0) is 84.3 Å². The predicted molar refractivity (Wildman–Crippen MR) is 257 cm³/mol. The molecule has 16 heteroatoms. The number of aryl methyl sites for hydroxylation is 1. The molecule has 0 fully saturated rings. The fraction of sp³-hybridized carbons (Fsp3) is 0.608. The molecule has 1 aromatic carbocycles. The van der Waals surface area contributed by atoms with Gasteiger partial charge >= 0.3 is 12.1 Å². The molecule has 6 amide bonds. The molecule has 0 aliphatic carbocycles. The highest BCUT2D eigenvalue weighted by molar-refractivity contribution is 6.12. The molecule has 2 N–H and O–H groups in total. The van der Waals surface area contributed by atoms with E-state index in [0.717, 1.165) is 33.5 Å². The van der Waals surface area contributed by atoms with Gasteiger partial charge in [-0.1, -0.05) is 72.7 Å². The number of esters is 1. The lowest BCUT2D eigenvalue weighted by molar-refractivity contribution is -0.155. The highest BCUT2D eigenvalue weighted by Gasteiger charge is 2.47. The highest BCUT2D eigenvalue weighted by Crippen LogP contribution is 2.37. The van der Waals surface area contributed by atoms with E-state index in [9.17, 15) is 38.4 Å². The lowest BCUT2D eigenvalue weighted by Crippen LogP contribution is -2.63. The average Bonchev–Trinajstić information content (AvgIpc) is 3.71. The van der Waals surface area contributed by atoms with Crippen LogP contribution in [0.2, 0.25) is 0 Å². The second-order valence-electron chi connectivity index (χ2n) is 21.6. The number of fused-ring (bicyclic) bond motifs is 1. The van der Waals surface area contributed by atoms with Crippen LogP contribution in [0, 0.1) is 11.3 Å². The van der Waals surface area contributed by atoms with Gasteiger partial charge < -0.3 is 29.6 Å². The van der Waals surface area contributed by atoms with Gasteiger partial charge in [-0.15, -0.1) is 0 Å². The van der Waals surface area contributed by atoms with Crippen LogP contribution in [0.1, 0.15) is 128 Å². The zero-order valence-corrected chi connectivity index (χ0v) is 42.9. The monoisotopic (exact) mass is 933 g/mol. The summed E-state index contributed by atoms with van der Waals surface area (Å²) in [4.78, 5) is 112. The Hall–Kier alpha value is -5.80. The first kappa shape index (κ1) is 55.5. The summed E-state index contributed by atoms with van der Waals surface area (Å²) in [6, 6.07) is 3.75. The quantitative estimate of drug-likeness (QED) is 0.0889. The third kappa shape index (κ3) is 14.8. The van der Waals surface area contributed by atoms with Crippen molar-refractivity contribution in [2.24, 2.45) is 18.4 Å². The number of carbonyl (C=O) groups is 8. The third-order valence-corrected chi connectivity index (χ3v) is 11.7. The average molecular weight is 933 g/mol. The fourth-order valence-corrected chi connectivity index (χ4v) is 8.21. The summed E-state index contributed by atoms with van der Waals surface area (Å²) in [6.07, 6.45) is 5.04. The molecule has 0 saturated heterocycles. The summed E-state index contributed by atoms with van der Waals surface area (Å²) in [5, 5.41) is 6.73. The van der Waals surface area contributed by atoms with Crippen LogP contribution in [-0.2, 0) is 55.5 Å². The number of aromatic nitrogens is 1. The molecule has 3 rings (SSSR count). The number of benzene rings is 1. The first-order valence-electron chi connectivity index (χ1n) is 23.0. The molecule has 16 nitrogen and oxygen atoms in total. The van der Waals surface area contributed by atoms with Crippen molar-refractivity contribution in [2.75, 3.05) is 20.6 Å². The maximum Gasteiger partial charge on any atom is 0.410 e. The zero-order valence-electron chi connectivity index (χ0n) is 42.9. The van der Waals surface area contributed by atoms with Crippen LogP contribution in [0.15, 0.2) is 54.3 Å². The number of para-hydroxylation sites is 1. The highest BCUT2D eigenvalue weighted by atomic mass is 16.6. The summed E-state index contributed by atoms with van der Waals surface area (Å²) >= 11 is 0. The van der Waals surface area contributed by atoms with Crippen molar-refractivity contribution in [2.45, 2.75) is 163 Å². The van der Waals surface area contributed by atoms with Crippen molar-refractivity contribution in [3.63, 3.8) is 0 Å². The Morgan fingerprint density at radius 2 is 1.36 bits per heavy atom. The maximum atomic E-state index is 15.0. The van der Waals surface area contributed by atoms with E-state index in [-0.39, 0.29) is 43.7 Å². The molecular formula is C51H76N6O10. The maximum absolute atomic E-state index is 15.0. The van der Waals surface area contributed by atoms with Gasteiger partial charge in [0.05, 0.1) is 12.1 Å². The Kier molecular flexibility index (Phi) is 18.1. The first-order valence-corrected chi connectivity index (χ1v) is 23.0. The Morgan fingerprint density at radius 1 is 0.791 bits per heavy atom. The molecule has 370 valence electrons.